The van der Waals surface area contributed by atoms with Crippen molar-refractivity contribution < 1.29 is 33.3 Å². The van der Waals surface area contributed by atoms with E-state index in [1.807, 2.05) is 0 Å². The summed E-state index contributed by atoms with van der Waals surface area (Å²) in [6.07, 6.45) is 3.78. The van der Waals surface area contributed by atoms with Crippen molar-refractivity contribution in [3.63, 3.8) is 0 Å². The Bertz CT molecular complexity index is 990. The van der Waals surface area contributed by atoms with Gasteiger partial charge in [-0.3, -0.25) is 0 Å². The first kappa shape index (κ1) is 26.4. The number of nitrogens with zero attached hydrogens (tertiary/aromatic N) is 1. The topological polar surface area (TPSA) is 100 Å². The van der Waals surface area contributed by atoms with Crippen LogP contribution in [0, 0.1) is 0 Å². The van der Waals surface area contributed by atoms with Crippen molar-refractivity contribution >= 4 is 23.8 Å². The highest BCUT2D eigenvalue weighted by Crippen LogP contribution is 2.45. The fourth-order valence-corrected chi connectivity index (χ4v) is 4.35. The molecule has 1 fully saturated rings. The molecule has 1 aliphatic heterocycles. The maximum atomic E-state index is 13.6. The first-order valence-electron chi connectivity index (χ1n) is 12.4. The van der Waals surface area contributed by atoms with Gasteiger partial charge in [-0.15, -0.1) is 0 Å². The van der Waals surface area contributed by atoms with Gasteiger partial charge in [-0.05, 0) is 47.5 Å². The molecule has 0 N–H and O–H groups in total. The molecule has 2 aliphatic rings. The molecular weight excluding hydrogens is 450 g/mol. The molecule has 0 aromatic heterocycles. The molecule has 1 atom stereocenters. The van der Waals surface area contributed by atoms with Crippen molar-refractivity contribution in [3.8, 4) is 0 Å². The van der Waals surface area contributed by atoms with Gasteiger partial charge in [0.1, 0.15) is 11.1 Å². The lowest BCUT2D eigenvalue weighted by atomic mass is 9.84. The molecule has 35 heavy (non-hydrogen) atoms. The Kier molecular flexibility index (Phi) is 8.70. The van der Waals surface area contributed by atoms with E-state index in [2.05, 4.69) is 0 Å². The lowest BCUT2D eigenvalue weighted by molar-refractivity contribution is -0.163. The van der Waals surface area contributed by atoms with E-state index >= 15 is 0 Å². The Hall–Kier alpha value is -3.16. The lowest BCUT2D eigenvalue weighted by Gasteiger charge is -2.29. The third-order valence-electron chi connectivity index (χ3n) is 5.78. The predicted octanol–water partition coefficient (Wildman–Crippen LogP) is 4.41. The summed E-state index contributed by atoms with van der Waals surface area (Å²) in [6, 6.07) is 8.40. The van der Waals surface area contributed by atoms with Gasteiger partial charge in [0.15, 0.2) is 0 Å². The monoisotopic (exact) mass is 485 g/mol. The summed E-state index contributed by atoms with van der Waals surface area (Å²) >= 11 is 0. The molecule has 1 saturated carbocycles. The van der Waals surface area contributed by atoms with Crippen LogP contribution in [0.3, 0.4) is 0 Å². The molecule has 8 nitrogen and oxygen atoms in total. The van der Waals surface area contributed by atoms with E-state index in [1.165, 1.54) is 0 Å². The van der Waals surface area contributed by atoms with Gasteiger partial charge in [0.25, 0.3) is 5.60 Å². The van der Waals surface area contributed by atoms with Crippen molar-refractivity contribution in [3.05, 3.63) is 47.0 Å². The third kappa shape index (κ3) is 5.74. The van der Waals surface area contributed by atoms with Crippen LogP contribution in [0.4, 0.5) is 0 Å². The van der Waals surface area contributed by atoms with Crippen LogP contribution < -0.4 is 0 Å². The second-order valence-corrected chi connectivity index (χ2v) is 9.25. The van der Waals surface area contributed by atoms with Gasteiger partial charge in [-0.25, -0.2) is 19.4 Å². The molecule has 0 spiro atoms. The number of benzene rings is 1. The van der Waals surface area contributed by atoms with Gasteiger partial charge in [0.2, 0.25) is 5.90 Å². The third-order valence-corrected chi connectivity index (χ3v) is 5.78. The van der Waals surface area contributed by atoms with Crippen LogP contribution in [0.1, 0.15) is 72.3 Å². The Morgan fingerprint density at radius 3 is 2.14 bits per heavy atom. The fourth-order valence-electron chi connectivity index (χ4n) is 4.35. The predicted molar refractivity (Wildman–Crippen MR) is 130 cm³/mol. The first-order valence-corrected chi connectivity index (χ1v) is 12.4. The van der Waals surface area contributed by atoms with Crippen LogP contribution in [0.2, 0.25) is 0 Å². The molecule has 1 aromatic rings. The largest absolute Gasteiger partial charge is 0.462 e. The fraction of sp³-hybridized carbons (Fsp3) is 0.556. The molecule has 1 aliphatic carbocycles. The smallest absolute Gasteiger partial charge is 0.360 e. The van der Waals surface area contributed by atoms with Crippen molar-refractivity contribution in [2.24, 2.45) is 4.99 Å². The number of ether oxygens (including phenoxy) is 4. The minimum atomic E-state index is -2.05. The average Bonchev–Trinajstić information content (AvgIpc) is 3.16. The minimum Gasteiger partial charge on any atom is -0.462 e. The Morgan fingerprint density at radius 2 is 1.57 bits per heavy atom. The molecular formula is C27H35NO7. The Balaban J connectivity index is 2.32. The lowest BCUT2D eigenvalue weighted by Crippen LogP contribution is -2.43. The summed E-state index contributed by atoms with van der Waals surface area (Å²) in [4.78, 5) is 45.3. The van der Waals surface area contributed by atoms with Crippen LogP contribution in [-0.2, 0) is 38.9 Å². The van der Waals surface area contributed by atoms with Crippen molar-refractivity contribution in [2.75, 3.05) is 6.61 Å². The van der Waals surface area contributed by atoms with Crippen LogP contribution >= 0.6 is 0 Å². The Morgan fingerprint density at radius 1 is 0.971 bits per heavy atom. The quantitative estimate of drug-likeness (QED) is 0.397. The second kappa shape index (κ2) is 11.5. The van der Waals surface area contributed by atoms with Crippen molar-refractivity contribution in [2.45, 2.75) is 90.6 Å². The highest BCUT2D eigenvalue weighted by Gasteiger charge is 2.60. The van der Waals surface area contributed by atoms with Crippen LogP contribution in [0.5, 0.6) is 0 Å². The molecule has 0 saturated heterocycles. The average molecular weight is 486 g/mol. The summed E-state index contributed by atoms with van der Waals surface area (Å²) < 4.78 is 22.7. The number of carbonyl (C=O) groups excluding carboxylic acids is 3. The molecule has 1 aromatic carbocycles. The zero-order valence-electron chi connectivity index (χ0n) is 21.2. The Labute approximate surface area is 206 Å². The van der Waals surface area contributed by atoms with E-state index in [-0.39, 0.29) is 29.7 Å². The molecule has 1 heterocycles. The van der Waals surface area contributed by atoms with E-state index < -0.39 is 35.7 Å². The minimum absolute atomic E-state index is 0.0458. The zero-order chi connectivity index (χ0) is 25.6. The molecule has 1 unspecified atom stereocenters. The number of rotatable bonds is 8. The van der Waals surface area contributed by atoms with Crippen molar-refractivity contribution in [1.82, 2.24) is 0 Å². The van der Waals surface area contributed by atoms with Crippen LogP contribution in [-0.4, -0.2) is 48.7 Å². The molecule has 0 amide bonds. The molecule has 0 bridgehead atoms. The summed E-state index contributed by atoms with van der Waals surface area (Å²) in [5.74, 6) is -2.57. The first-order chi connectivity index (χ1) is 16.7. The number of hydrogen-bond acceptors (Lipinski definition) is 8. The van der Waals surface area contributed by atoms with E-state index in [9.17, 15) is 14.4 Å². The summed E-state index contributed by atoms with van der Waals surface area (Å²) in [5, 5.41) is 0. The second-order valence-electron chi connectivity index (χ2n) is 9.25. The van der Waals surface area contributed by atoms with Crippen LogP contribution in [0.15, 0.2) is 46.5 Å². The van der Waals surface area contributed by atoms with E-state index in [1.54, 1.807) is 65.0 Å². The molecule has 3 rings (SSSR count). The highest BCUT2D eigenvalue weighted by atomic mass is 16.6. The maximum Gasteiger partial charge on any atom is 0.360 e. The summed E-state index contributed by atoms with van der Waals surface area (Å²) in [7, 11) is 0. The number of hydrogen-bond donors (Lipinski definition) is 0. The number of esters is 3. The highest BCUT2D eigenvalue weighted by molar-refractivity contribution is 6.26. The van der Waals surface area contributed by atoms with E-state index in [0.717, 1.165) is 32.1 Å². The van der Waals surface area contributed by atoms with Crippen molar-refractivity contribution in [1.29, 1.82) is 0 Å². The van der Waals surface area contributed by atoms with Gasteiger partial charge >= 0.3 is 17.9 Å². The van der Waals surface area contributed by atoms with Gasteiger partial charge < -0.3 is 18.9 Å². The normalized spacial score (nSPS) is 21.9. The van der Waals surface area contributed by atoms with Gasteiger partial charge in [-0.2, -0.15) is 0 Å². The molecule has 0 radical (unpaired) electrons. The van der Waals surface area contributed by atoms with Gasteiger partial charge in [-0.1, -0.05) is 49.6 Å². The van der Waals surface area contributed by atoms with Gasteiger partial charge in [0, 0.05) is 5.56 Å². The summed E-state index contributed by atoms with van der Waals surface area (Å²) in [5.41, 5.74) is -2.18. The summed E-state index contributed by atoms with van der Waals surface area (Å²) in [6.45, 7) is 8.48. The molecule has 190 valence electrons. The van der Waals surface area contributed by atoms with E-state index in [4.69, 9.17) is 23.9 Å². The maximum absolute atomic E-state index is 13.6. The SMILES string of the molecule is CCOC(=O)C1(c2ccccc2)OC(=NC2CCCCC2)C(C(=O)OC(C)C)=C1C(=O)OC(C)C. The number of aliphatic imine (C=N–C) groups is 1. The number of carbonyl (C=O) groups is 3. The van der Waals surface area contributed by atoms with Gasteiger partial charge in [0.05, 0.1) is 24.9 Å². The zero-order valence-corrected chi connectivity index (χ0v) is 21.2. The molecule has 8 heteroatoms. The van der Waals surface area contributed by atoms with E-state index in [0.29, 0.717) is 5.56 Å². The standard InChI is InChI=1S/C27H35NO7/c1-6-32-26(31)27(19-13-9-7-10-14-19)22(25(30)34-18(4)5)21(24(29)33-17(2)3)23(35-27)28-20-15-11-8-12-16-20/h7,9-10,13-14,17-18,20H,6,8,11-12,15-16H2,1-5H3. The van der Waals surface area contributed by atoms with Crippen LogP contribution in [0.25, 0.3) is 0 Å².